The maximum absolute atomic E-state index is 11.6. The number of aliphatic hydroxyl groups is 1. The van der Waals surface area contributed by atoms with Crippen LogP contribution in [0.4, 0.5) is 0 Å². The van der Waals surface area contributed by atoms with Crippen molar-refractivity contribution >= 4 is 17.5 Å². The van der Waals surface area contributed by atoms with Gasteiger partial charge >= 0.3 is 0 Å². The molecule has 0 aromatic heterocycles. The fraction of sp³-hybridized carbons (Fsp3) is 0.462. The van der Waals surface area contributed by atoms with Gasteiger partial charge in [0.1, 0.15) is 0 Å². The molecule has 1 rings (SSSR count). The third-order valence-electron chi connectivity index (χ3n) is 2.43. The second-order valence-electron chi connectivity index (χ2n) is 4.11. The third kappa shape index (κ3) is 5.71. The van der Waals surface area contributed by atoms with Gasteiger partial charge in [0.15, 0.2) is 0 Å². The van der Waals surface area contributed by atoms with Crippen molar-refractivity contribution in [1.82, 2.24) is 5.32 Å². The first kappa shape index (κ1) is 14.0. The summed E-state index contributed by atoms with van der Waals surface area (Å²) in [5, 5.41) is 12.5. The summed E-state index contributed by atoms with van der Waals surface area (Å²) in [6.45, 7) is 2.33. The fourth-order valence-corrected chi connectivity index (χ4v) is 1.71. The van der Waals surface area contributed by atoms with E-state index in [1.807, 2.05) is 18.2 Å². The van der Waals surface area contributed by atoms with Crippen LogP contribution >= 0.6 is 11.6 Å². The molecule has 0 aliphatic carbocycles. The molecular formula is C13H18ClNO2. The van der Waals surface area contributed by atoms with Gasteiger partial charge in [-0.15, -0.1) is 0 Å². The first-order valence-corrected chi connectivity index (χ1v) is 6.15. The number of halogens is 1. The van der Waals surface area contributed by atoms with Crippen molar-refractivity contribution in [3.63, 3.8) is 0 Å². The summed E-state index contributed by atoms with van der Waals surface area (Å²) in [4.78, 5) is 11.6. The van der Waals surface area contributed by atoms with Crippen LogP contribution in [0.1, 0.15) is 25.3 Å². The van der Waals surface area contributed by atoms with Crippen molar-refractivity contribution in [2.75, 3.05) is 6.54 Å². The molecule has 0 heterocycles. The molecule has 0 fully saturated rings. The second-order valence-corrected chi connectivity index (χ2v) is 4.52. The average molecular weight is 256 g/mol. The van der Waals surface area contributed by atoms with E-state index in [1.165, 1.54) is 0 Å². The summed E-state index contributed by atoms with van der Waals surface area (Å²) >= 11 is 5.96. The maximum atomic E-state index is 11.6. The first-order chi connectivity index (χ1) is 8.09. The number of hydrogen-bond donors (Lipinski definition) is 2. The lowest BCUT2D eigenvalue weighted by Gasteiger charge is -2.07. The molecule has 0 aliphatic rings. The number of benzene rings is 1. The Morgan fingerprint density at radius 2 is 2.18 bits per heavy atom. The Hall–Kier alpha value is -1.06. The van der Waals surface area contributed by atoms with Gasteiger partial charge in [-0.2, -0.15) is 0 Å². The number of hydrogen-bond acceptors (Lipinski definition) is 2. The molecule has 2 N–H and O–H groups in total. The minimum absolute atomic E-state index is 0.0382. The smallest absolute Gasteiger partial charge is 0.224 e. The van der Waals surface area contributed by atoms with Gasteiger partial charge in [-0.25, -0.2) is 0 Å². The highest BCUT2D eigenvalue weighted by Gasteiger charge is 2.05. The van der Waals surface area contributed by atoms with Crippen LogP contribution in [-0.2, 0) is 11.2 Å². The quantitative estimate of drug-likeness (QED) is 0.766. The molecule has 0 radical (unpaired) electrons. The molecule has 1 aromatic rings. The molecule has 4 heteroatoms. The molecule has 0 bridgehead atoms. The highest BCUT2D eigenvalue weighted by Crippen LogP contribution is 2.15. The number of carbonyl (C=O) groups excluding carboxylic acids is 1. The van der Waals surface area contributed by atoms with Crippen LogP contribution in [0.15, 0.2) is 24.3 Å². The summed E-state index contributed by atoms with van der Waals surface area (Å²) in [5.41, 5.74) is 0.835. The van der Waals surface area contributed by atoms with E-state index in [1.54, 1.807) is 13.0 Å². The predicted octanol–water partition coefficient (Wildman–Crippen LogP) is 2.16. The van der Waals surface area contributed by atoms with Gasteiger partial charge < -0.3 is 10.4 Å². The van der Waals surface area contributed by atoms with Crippen molar-refractivity contribution in [2.24, 2.45) is 0 Å². The topological polar surface area (TPSA) is 49.3 Å². The molecule has 17 heavy (non-hydrogen) atoms. The Kier molecular flexibility index (Phi) is 6.01. The minimum Gasteiger partial charge on any atom is -0.393 e. The summed E-state index contributed by atoms with van der Waals surface area (Å²) < 4.78 is 0. The maximum Gasteiger partial charge on any atom is 0.224 e. The number of nitrogens with one attached hydrogen (secondary N) is 1. The van der Waals surface area contributed by atoms with Crippen LogP contribution in [0.25, 0.3) is 0 Å². The standard InChI is InChI=1S/C13H18ClNO2/c1-10(16)5-4-8-15-13(17)9-11-6-2-3-7-12(11)14/h2-3,6-7,10,16H,4-5,8-9H2,1H3,(H,15,17). The molecule has 1 unspecified atom stereocenters. The minimum atomic E-state index is -0.310. The summed E-state index contributed by atoms with van der Waals surface area (Å²) in [7, 11) is 0. The fourth-order valence-electron chi connectivity index (χ4n) is 1.50. The Morgan fingerprint density at radius 1 is 1.47 bits per heavy atom. The Labute approximate surface area is 107 Å². The Bertz CT molecular complexity index is 366. The molecule has 0 aliphatic heterocycles. The summed E-state index contributed by atoms with van der Waals surface area (Å²) in [6.07, 6.45) is 1.47. The van der Waals surface area contributed by atoms with Crippen LogP contribution in [0.2, 0.25) is 5.02 Å². The molecule has 0 saturated carbocycles. The molecule has 1 atom stereocenters. The van der Waals surface area contributed by atoms with Crippen LogP contribution < -0.4 is 5.32 Å². The predicted molar refractivity (Wildman–Crippen MR) is 69.1 cm³/mol. The van der Waals surface area contributed by atoms with E-state index in [2.05, 4.69) is 5.32 Å². The van der Waals surface area contributed by atoms with Crippen molar-refractivity contribution in [3.8, 4) is 0 Å². The van der Waals surface area contributed by atoms with Crippen LogP contribution in [0, 0.1) is 0 Å². The molecule has 94 valence electrons. The molecular weight excluding hydrogens is 238 g/mol. The lowest BCUT2D eigenvalue weighted by molar-refractivity contribution is -0.120. The molecule has 0 spiro atoms. The zero-order valence-electron chi connectivity index (χ0n) is 9.95. The summed E-state index contributed by atoms with van der Waals surface area (Å²) in [6, 6.07) is 7.32. The Morgan fingerprint density at radius 3 is 2.82 bits per heavy atom. The van der Waals surface area contributed by atoms with E-state index in [-0.39, 0.29) is 12.0 Å². The lowest BCUT2D eigenvalue weighted by Crippen LogP contribution is -2.26. The number of amides is 1. The van der Waals surface area contributed by atoms with Crippen LogP contribution in [0.5, 0.6) is 0 Å². The molecule has 0 saturated heterocycles. The SMILES string of the molecule is CC(O)CCCNC(=O)Cc1ccccc1Cl. The van der Waals surface area contributed by atoms with Gasteiger partial charge in [0, 0.05) is 11.6 Å². The zero-order chi connectivity index (χ0) is 12.7. The first-order valence-electron chi connectivity index (χ1n) is 5.77. The average Bonchev–Trinajstić information content (AvgIpc) is 2.27. The third-order valence-corrected chi connectivity index (χ3v) is 2.80. The van der Waals surface area contributed by atoms with Crippen LogP contribution in [0.3, 0.4) is 0 Å². The van der Waals surface area contributed by atoms with Crippen molar-refractivity contribution in [2.45, 2.75) is 32.3 Å². The second kappa shape index (κ2) is 7.30. The van der Waals surface area contributed by atoms with Gasteiger partial charge in [0.05, 0.1) is 12.5 Å². The van der Waals surface area contributed by atoms with Gasteiger partial charge in [-0.1, -0.05) is 29.8 Å². The van der Waals surface area contributed by atoms with E-state index < -0.39 is 0 Å². The van der Waals surface area contributed by atoms with Gasteiger partial charge in [-0.3, -0.25) is 4.79 Å². The van der Waals surface area contributed by atoms with E-state index in [0.717, 1.165) is 12.0 Å². The lowest BCUT2D eigenvalue weighted by atomic mass is 10.1. The van der Waals surface area contributed by atoms with E-state index in [4.69, 9.17) is 16.7 Å². The number of carbonyl (C=O) groups is 1. The molecule has 3 nitrogen and oxygen atoms in total. The normalized spacial score (nSPS) is 12.2. The van der Waals surface area contributed by atoms with Crippen molar-refractivity contribution in [3.05, 3.63) is 34.9 Å². The number of rotatable bonds is 6. The van der Waals surface area contributed by atoms with E-state index >= 15 is 0 Å². The van der Waals surface area contributed by atoms with Crippen molar-refractivity contribution in [1.29, 1.82) is 0 Å². The highest BCUT2D eigenvalue weighted by molar-refractivity contribution is 6.31. The van der Waals surface area contributed by atoms with Gasteiger partial charge in [-0.05, 0) is 31.4 Å². The Balaban J connectivity index is 2.28. The van der Waals surface area contributed by atoms with Crippen molar-refractivity contribution < 1.29 is 9.90 Å². The highest BCUT2D eigenvalue weighted by atomic mass is 35.5. The zero-order valence-corrected chi connectivity index (χ0v) is 10.7. The van der Waals surface area contributed by atoms with E-state index in [9.17, 15) is 4.79 Å². The van der Waals surface area contributed by atoms with Crippen LogP contribution in [-0.4, -0.2) is 23.7 Å². The number of aliphatic hydroxyl groups excluding tert-OH is 1. The summed E-state index contributed by atoms with van der Waals surface area (Å²) in [5.74, 6) is -0.0382. The molecule has 1 aromatic carbocycles. The van der Waals surface area contributed by atoms with E-state index in [0.29, 0.717) is 24.4 Å². The monoisotopic (exact) mass is 255 g/mol. The van der Waals surface area contributed by atoms with Gasteiger partial charge in [0.2, 0.25) is 5.91 Å². The largest absolute Gasteiger partial charge is 0.393 e. The van der Waals surface area contributed by atoms with Gasteiger partial charge in [0.25, 0.3) is 0 Å². The molecule has 1 amide bonds.